The number of nitrogens with two attached hydrogens (primary N) is 1. The third-order valence-corrected chi connectivity index (χ3v) is 6.45. The number of unbranched alkanes of at least 4 members (excludes halogenated alkanes) is 1. The second-order valence-electron chi connectivity index (χ2n) is 9.34. The number of nitrogen functional groups attached to an aromatic ring is 1. The van der Waals surface area contributed by atoms with Gasteiger partial charge in [-0.1, -0.05) is 31.9 Å². The van der Waals surface area contributed by atoms with Gasteiger partial charge in [0.15, 0.2) is 0 Å². The molecule has 4 N–H and O–H groups in total. The van der Waals surface area contributed by atoms with Crippen LogP contribution in [0.4, 0.5) is 17.5 Å². The Hall–Kier alpha value is -2.97. The molecule has 2 aromatic heterocycles. The maximum absolute atomic E-state index is 10.0. The standard InChI is InChI=1S/C25H35N7O/c1-4-5-8-25(2,17-33)30-22-14-23(26)29-21-13-18(6-7-20(21)22)19-15-27-24(28-16-19)32-11-9-31(3)10-12-32/h6-7,13-16,33H,4-5,8-12,17H2,1-3H3,(H3,26,29,30)/t25-/m1/s1. The van der Waals surface area contributed by atoms with Crippen LogP contribution in [-0.4, -0.2) is 70.3 Å². The molecule has 0 radical (unpaired) electrons. The van der Waals surface area contributed by atoms with Gasteiger partial charge in [-0.15, -0.1) is 0 Å². The number of pyridine rings is 1. The topological polar surface area (TPSA) is 103 Å². The van der Waals surface area contributed by atoms with Crippen molar-refractivity contribution in [2.75, 3.05) is 55.8 Å². The molecule has 0 aliphatic carbocycles. The Kier molecular flexibility index (Phi) is 6.95. The van der Waals surface area contributed by atoms with E-state index in [1.807, 2.05) is 37.5 Å². The van der Waals surface area contributed by atoms with Gasteiger partial charge in [-0.3, -0.25) is 0 Å². The maximum atomic E-state index is 10.0. The van der Waals surface area contributed by atoms with E-state index < -0.39 is 5.54 Å². The van der Waals surface area contributed by atoms with Gasteiger partial charge in [0.2, 0.25) is 5.95 Å². The summed E-state index contributed by atoms with van der Waals surface area (Å²) in [5, 5.41) is 14.5. The van der Waals surface area contributed by atoms with Crippen LogP contribution in [0.15, 0.2) is 36.7 Å². The molecular formula is C25H35N7O. The zero-order valence-corrected chi connectivity index (χ0v) is 19.9. The first-order chi connectivity index (χ1) is 15.9. The van der Waals surface area contributed by atoms with Crippen LogP contribution in [0.5, 0.6) is 0 Å². The zero-order chi connectivity index (χ0) is 23.4. The fraction of sp³-hybridized carbons (Fsp3) is 0.480. The first kappa shape index (κ1) is 23.2. The van der Waals surface area contributed by atoms with Crippen molar-refractivity contribution in [1.82, 2.24) is 19.9 Å². The molecule has 4 rings (SSSR count). The summed E-state index contributed by atoms with van der Waals surface area (Å²) in [4.78, 5) is 18.3. The van der Waals surface area contributed by atoms with Gasteiger partial charge >= 0.3 is 0 Å². The van der Waals surface area contributed by atoms with Crippen molar-refractivity contribution >= 4 is 28.4 Å². The molecular weight excluding hydrogens is 414 g/mol. The summed E-state index contributed by atoms with van der Waals surface area (Å²) in [6.45, 7) is 8.16. The molecule has 0 bridgehead atoms. The minimum absolute atomic E-state index is 0.0474. The van der Waals surface area contributed by atoms with E-state index in [1.54, 1.807) is 0 Å². The van der Waals surface area contributed by atoms with Gasteiger partial charge in [0.1, 0.15) is 5.82 Å². The lowest BCUT2D eigenvalue weighted by molar-refractivity contribution is 0.212. The van der Waals surface area contributed by atoms with E-state index in [9.17, 15) is 5.11 Å². The number of aliphatic hydroxyl groups excluding tert-OH is 1. The normalized spacial score (nSPS) is 16.7. The molecule has 8 heteroatoms. The molecule has 0 amide bonds. The average molecular weight is 450 g/mol. The van der Waals surface area contributed by atoms with Gasteiger partial charge in [-0.2, -0.15) is 0 Å². The number of benzene rings is 1. The van der Waals surface area contributed by atoms with E-state index in [4.69, 9.17) is 5.73 Å². The van der Waals surface area contributed by atoms with Crippen molar-refractivity contribution in [3.05, 3.63) is 36.7 Å². The van der Waals surface area contributed by atoms with E-state index in [0.29, 0.717) is 5.82 Å². The first-order valence-corrected chi connectivity index (χ1v) is 11.8. The number of likely N-dealkylation sites (N-methyl/N-ethyl adjacent to an activating group) is 1. The Balaban J connectivity index is 1.59. The third kappa shape index (κ3) is 5.34. The van der Waals surface area contributed by atoms with Crippen LogP contribution in [0.1, 0.15) is 33.1 Å². The highest BCUT2D eigenvalue weighted by Crippen LogP contribution is 2.31. The van der Waals surface area contributed by atoms with Gasteiger partial charge in [0, 0.05) is 61.3 Å². The molecule has 1 aromatic carbocycles. The van der Waals surface area contributed by atoms with Crippen LogP contribution in [0.3, 0.4) is 0 Å². The van der Waals surface area contributed by atoms with Crippen molar-refractivity contribution in [3.8, 4) is 11.1 Å². The molecule has 3 aromatic rings. The molecule has 1 saturated heterocycles. The van der Waals surface area contributed by atoms with Crippen LogP contribution in [-0.2, 0) is 0 Å². The average Bonchev–Trinajstić information content (AvgIpc) is 2.83. The van der Waals surface area contributed by atoms with Crippen molar-refractivity contribution in [1.29, 1.82) is 0 Å². The quantitative estimate of drug-likeness (QED) is 0.481. The number of fused-ring (bicyclic) bond motifs is 1. The molecule has 1 aliphatic rings. The number of hydrogen-bond donors (Lipinski definition) is 3. The number of piperazine rings is 1. The van der Waals surface area contributed by atoms with Crippen molar-refractivity contribution < 1.29 is 5.11 Å². The van der Waals surface area contributed by atoms with Gasteiger partial charge in [0.05, 0.1) is 17.7 Å². The molecule has 0 spiro atoms. The molecule has 8 nitrogen and oxygen atoms in total. The van der Waals surface area contributed by atoms with Crippen LogP contribution in [0.2, 0.25) is 0 Å². The number of aromatic nitrogens is 3. The molecule has 3 heterocycles. The predicted octanol–water partition coefficient (Wildman–Crippen LogP) is 3.38. The maximum Gasteiger partial charge on any atom is 0.225 e. The number of aliphatic hydroxyl groups is 1. The molecule has 0 saturated carbocycles. The number of nitrogens with zero attached hydrogens (tertiary/aromatic N) is 5. The fourth-order valence-corrected chi connectivity index (χ4v) is 4.25. The molecule has 1 fully saturated rings. The molecule has 176 valence electrons. The van der Waals surface area contributed by atoms with Crippen LogP contribution in [0, 0.1) is 0 Å². The number of nitrogens with one attached hydrogen (secondary N) is 1. The van der Waals surface area contributed by atoms with Crippen LogP contribution >= 0.6 is 0 Å². The lowest BCUT2D eigenvalue weighted by Crippen LogP contribution is -2.45. The summed E-state index contributed by atoms with van der Waals surface area (Å²) in [6.07, 6.45) is 6.74. The highest BCUT2D eigenvalue weighted by Gasteiger charge is 2.23. The lowest BCUT2D eigenvalue weighted by atomic mass is 9.95. The summed E-state index contributed by atoms with van der Waals surface area (Å²) in [6, 6.07) is 7.97. The number of hydrogen-bond acceptors (Lipinski definition) is 8. The summed E-state index contributed by atoms with van der Waals surface area (Å²) in [5.74, 6) is 1.22. The smallest absolute Gasteiger partial charge is 0.225 e. The van der Waals surface area contributed by atoms with E-state index in [-0.39, 0.29) is 6.61 Å². The van der Waals surface area contributed by atoms with Crippen molar-refractivity contribution in [3.63, 3.8) is 0 Å². The summed E-state index contributed by atoms with van der Waals surface area (Å²) >= 11 is 0. The van der Waals surface area contributed by atoms with Crippen molar-refractivity contribution in [2.45, 2.75) is 38.6 Å². The minimum atomic E-state index is -0.414. The van der Waals surface area contributed by atoms with Gasteiger partial charge in [-0.05, 0) is 32.0 Å². The predicted molar refractivity (Wildman–Crippen MR) is 136 cm³/mol. The summed E-state index contributed by atoms with van der Waals surface area (Å²) < 4.78 is 0. The molecule has 1 atom stereocenters. The minimum Gasteiger partial charge on any atom is -0.394 e. The first-order valence-electron chi connectivity index (χ1n) is 11.8. The van der Waals surface area contributed by atoms with Crippen molar-refractivity contribution in [2.24, 2.45) is 0 Å². The monoisotopic (exact) mass is 449 g/mol. The molecule has 1 aliphatic heterocycles. The highest BCUT2D eigenvalue weighted by atomic mass is 16.3. The zero-order valence-electron chi connectivity index (χ0n) is 19.9. The number of rotatable bonds is 8. The SMILES string of the molecule is CCCC[C@](C)(CO)Nc1cc(N)nc2cc(-c3cnc(N4CCN(C)CC4)nc3)ccc12. The third-order valence-electron chi connectivity index (χ3n) is 6.45. The Morgan fingerprint density at radius 1 is 1.09 bits per heavy atom. The Morgan fingerprint density at radius 2 is 1.82 bits per heavy atom. The molecule has 33 heavy (non-hydrogen) atoms. The van der Waals surface area contributed by atoms with Crippen LogP contribution in [0.25, 0.3) is 22.0 Å². The van der Waals surface area contributed by atoms with Gasteiger partial charge < -0.3 is 26.0 Å². The fourth-order valence-electron chi connectivity index (χ4n) is 4.25. The Bertz CT molecular complexity index is 1080. The summed E-state index contributed by atoms with van der Waals surface area (Å²) in [5.41, 5.74) is 9.35. The van der Waals surface area contributed by atoms with Gasteiger partial charge in [0.25, 0.3) is 0 Å². The van der Waals surface area contributed by atoms with Crippen LogP contribution < -0.4 is 16.0 Å². The second kappa shape index (κ2) is 9.89. The largest absolute Gasteiger partial charge is 0.394 e. The number of anilines is 3. The lowest BCUT2D eigenvalue weighted by Gasteiger charge is -2.32. The second-order valence-corrected chi connectivity index (χ2v) is 9.34. The Morgan fingerprint density at radius 3 is 2.48 bits per heavy atom. The Labute approximate surface area is 195 Å². The van der Waals surface area contributed by atoms with E-state index >= 15 is 0 Å². The van der Waals surface area contributed by atoms with E-state index in [0.717, 1.165) is 79.1 Å². The summed E-state index contributed by atoms with van der Waals surface area (Å²) in [7, 11) is 2.14. The van der Waals surface area contributed by atoms with E-state index in [2.05, 4.69) is 50.1 Å². The highest BCUT2D eigenvalue weighted by molar-refractivity contribution is 5.95. The molecule has 0 unspecified atom stereocenters. The van der Waals surface area contributed by atoms with Gasteiger partial charge in [-0.25, -0.2) is 15.0 Å². The van der Waals surface area contributed by atoms with E-state index in [1.165, 1.54) is 0 Å².